The fraction of sp³-hybridized carbons (Fsp3) is 0.333. The number of rotatable bonds is 8. The number of methoxy groups -OCH3 is 1. The highest BCUT2D eigenvalue weighted by atomic mass is 16.6. The molecule has 1 aromatic heterocycles. The number of hydrogen-bond acceptors (Lipinski definition) is 6. The van der Waals surface area contributed by atoms with Crippen LogP contribution in [0.4, 0.5) is 5.69 Å². The van der Waals surface area contributed by atoms with Crippen molar-refractivity contribution in [1.29, 1.82) is 0 Å². The molecule has 128 valence electrons. The largest absolute Gasteiger partial charge is 0.383 e. The van der Waals surface area contributed by atoms with E-state index in [1.807, 2.05) is 0 Å². The molecule has 0 saturated heterocycles. The molecule has 2 rings (SSSR count). The zero-order chi connectivity index (χ0) is 17.5. The Hall–Kier alpha value is -2.78. The van der Waals surface area contributed by atoms with Gasteiger partial charge in [-0.25, -0.2) is 0 Å². The summed E-state index contributed by atoms with van der Waals surface area (Å²) in [6.45, 7) is 2.12. The molecule has 0 spiro atoms. The van der Waals surface area contributed by atoms with Gasteiger partial charge in [-0.1, -0.05) is 0 Å². The number of aromatic amines is 1. The Morgan fingerprint density at radius 2 is 2.08 bits per heavy atom. The van der Waals surface area contributed by atoms with Crippen LogP contribution in [0.2, 0.25) is 0 Å². The van der Waals surface area contributed by atoms with Gasteiger partial charge in [0, 0.05) is 55.8 Å². The van der Waals surface area contributed by atoms with E-state index < -0.39 is 16.4 Å². The third kappa shape index (κ3) is 4.37. The molecule has 0 aliphatic heterocycles. The van der Waals surface area contributed by atoms with Crippen molar-refractivity contribution in [3.05, 3.63) is 50.3 Å². The third-order valence-electron chi connectivity index (χ3n) is 3.35. The highest BCUT2D eigenvalue weighted by molar-refractivity contribution is 6.06. The summed E-state index contributed by atoms with van der Waals surface area (Å²) in [5.41, 5.74) is -0.115. The van der Waals surface area contributed by atoms with Crippen LogP contribution in [0.15, 0.2) is 29.1 Å². The monoisotopic (exact) mass is 334 g/mol. The van der Waals surface area contributed by atoms with Gasteiger partial charge in [-0.15, -0.1) is 0 Å². The Balaban J connectivity index is 2.17. The smallest absolute Gasteiger partial charge is 0.270 e. The Bertz CT molecular complexity index is 802. The van der Waals surface area contributed by atoms with E-state index in [9.17, 15) is 19.7 Å². The molecule has 1 aromatic carbocycles. The standard InChI is InChI=1S/C15H18N4O5/c1-24-7-6-16-4-5-17-15(21)12-9-14(20)18-13-3-2-10(19(22)23)8-11(12)13/h2-3,8-9,16H,4-7H2,1H3,(H,17,21)(H,18,20). The van der Waals surface area contributed by atoms with Crippen LogP contribution in [0.1, 0.15) is 10.4 Å². The summed E-state index contributed by atoms with van der Waals surface area (Å²) in [5.74, 6) is -0.458. The summed E-state index contributed by atoms with van der Waals surface area (Å²) in [5, 5.41) is 17.0. The average molecular weight is 334 g/mol. The van der Waals surface area contributed by atoms with Crippen molar-refractivity contribution >= 4 is 22.5 Å². The number of nitrogens with zero attached hydrogens (tertiary/aromatic N) is 1. The van der Waals surface area contributed by atoms with E-state index in [0.29, 0.717) is 37.1 Å². The molecule has 24 heavy (non-hydrogen) atoms. The van der Waals surface area contributed by atoms with E-state index in [-0.39, 0.29) is 11.3 Å². The van der Waals surface area contributed by atoms with Crippen molar-refractivity contribution in [2.45, 2.75) is 0 Å². The van der Waals surface area contributed by atoms with Crippen LogP contribution >= 0.6 is 0 Å². The second kappa shape index (κ2) is 8.18. The second-order valence-electron chi connectivity index (χ2n) is 5.03. The number of carbonyl (C=O) groups is 1. The first-order valence-electron chi connectivity index (χ1n) is 7.32. The molecular formula is C15H18N4O5. The maximum absolute atomic E-state index is 12.3. The molecular weight excluding hydrogens is 316 g/mol. The molecule has 9 heteroatoms. The van der Waals surface area contributed by atoms with Crippen molar-refractivity contribution in [3.63, 3.8) is 0 Å². The molecule has 0 aliphatic carbocycles. The molecule has 0 atom stereocenters. The van der Waals surface area contributed by atoms with Crippen LogP contribution in [0.5, 0.6) is 0 Å². The van der Waals surface area contributed by atoms with Crippen LogP contribution < -0.4 is 16.2 Å². The van der Waals surface area contributed by atoms with E-state index in [4.69, 9.17) is 4.74 Å². The number of nitro groups is 1. The molecule has 0 bridgehead atoms. The minimum atomic E-state index is -0.550. The minimum absolute atomic E-state index is 0.106. The fourth-order valence-electron chi connectivity index (χ4n) is 2.20. The zero-order valence-corrected chi connectivity index (χ0v) is 13.1. The average Bonchev–Trinajstić information content (AvgIpc) is 2.56. The van der Waals surface area contributed by atoms with Gasteiger partial charge in [-0.3, -0.25) is 19.7 Å². The number of hydrogen-bond donors (Lipinski definition) is 3. The maximum atomic E-state index is 12.3. The Morgan fingerprint density at radius 1 is 1.29 bits per heavy atom. The first kappa shape index (κ1) is 17.6. The van der Waals surface area contributed by atoms with Crippen molar-refractivity contribution < 1.29 is 14.5 Å². The predicted molar refractivity (Wildman–Crippen MR) is 88.3 cm³/mol. The number of fused-ring (bicyclic) bond motifs is 1. The number of non-ortho nitro benzene ring substituents is 1. The van der Waals surface area contributed by atoms with Crippen molar-refractivity contribution in [1.82, 2.24) is 15.6 Å². The molecule has 9 nitrogen and oxygen atoms in total. The molecule has 3 N–H and O–H groups in total. The predicted octanol–water partition coefficient (Wildman–Crippen LogP) is 0.402. The molecule has 2 aromatic rings. The lowest BCUT2D eigenvalue weighted by Gasteiger charge is -2.08. The summed E-state index contributed by atoms with van der Waals surface area (Å²) in [6.07, 6.45) is 0. The van der Waals surface area contributed by atoms with Crippen LogP contribution in [-0.2, 0) is 4.74 Å². The van der Waals surface area contributed by atoms with Gasteiger partial charge in [0.25, 0.3) is 11.6 Å². The van der Waals surface area contributed by atoms with E-state index in [0.717, 1.165) is 6.07 Å². The molecule has 1 heterocycles. The zero-order valence-electron chi connectivity index (χ0n) is 13.1. The SMILES string of the molecule is COCCNCCNC(=O)c1cc(=O)[nH]c2ccc([N+](=O)[O-])cc12. The number of H-pyrrole nitrogens is 1. The van der Waals surface area contributed by atoms with Gasteiger partial charge in [0.1, 0.15) is 0 Å². The lowest BCUT2D eigenvalue weighted by molar-refractivity contribution is -0.384. The Kier molecular flexibility index (Phi) is 5.99. The highest BCUT2D eigenvalue weighted by Crippen LogP contribution is 2.21. The van der Waals surface area contributed by atoms with Gasteiger partial charge in [-0.2, -0.15) is 0 Å². The van der Waals surface area contributed by atoms with Crippen LogP contribution in [-0.4, -0.2) is 49.2 Å². The molecule has 0 unspecified atom stereocenters. The van der Waals surface area contributed by atoms with E-state index >= 15 is 0 Å². The first-order valence-corrected chi connectivity index (χ1v) is 7.32. The fourth-order valence-corrected chi connectivity index (χ4v) is 2.20. The number of amides is 1. The molecule has 0 fully saturated rings. The number of aromatic nitrogens is 1. The Morgan fingerprint density at radius 3 is 2.79 bits per heavy atom. The van der Waals surface area contributed by atoms with Gasteiger partial charge in [0.15, 0.2) is 0 Å². The number of ether oxygens (including phenoxy) is 1. The third-order valence-corrected chi connectivity index (χ3v) is 3.35. The second-order valence-corrected chi connectivity index (χ2v) is 5.03. The van der Waals surface area contributed by atoms with Gasteiger partial charge in [0.05, 0.1) is 17.1 Å². The molecule has 1 amide bonds. The summed E-state index contributed by atoms with van der Waals surface area (Å²) >= 11 is 0. The number of pyridine rings is 1. The van der Waals surface area contributed by atoms with Crippen molar-refractivity contribution in [2.24, 2.45) is 0 Å². The van der Waals surface area contributed by atoms with E-state index in [1.54, 1.807) is 7.11 Å². The Labute approximate surface area is 137 Å². The quantitative estimate of drug-likeness (QED) is 0.364. The van der Waals surface area contributed by atoms with Gasteiger partial charge in [-0.05, 0) is 6.07 Å². The minimum Gasteiger partial charge on any atom is -0.383 e. The molecule has 0 radical (unpaired) electrons. The highest BCUT2D eigenvalue weighted by Gasteiger charge is 2.15. The van der Waals surface area contributed by atoms with Gasteiger partial charge in [0.2, 0.25) is 5.56 Å². The topological polar surface area (TPSA) is 126 Å². The summed E-state index contributed by atoms with van der Waals surface area (Å²) in [4.78, 5) is 36.9. The lowest BCUT2D eigenvalue weighted by Crippen LogP contribution is -2.33. The number of benzene rings is 1. The van der Waals surface area contributed by atoms with Crippen LogP contribution in [0.25, 0.3) is 10.9 Å². The van der Waals surface area contributed by atoms with Crippen molar-refractivity contribution in [2.75, 3.05) is 33.4 Å². The molecule has 0 saturated carbocycles. The number of nitrogens with one attached hydrogen (secondary N) is 3. The van der Waals surface area contributed by atoms with Crippen LogP contribution in [0.3, 0.4) is 0 Å². The van der Waals surface area contributed by atoms with E-state index in [1.165, 1.54) is 18.2 Å². The summed E-state index contributed by atoms with van der Waals surface area (Å²) in [6, 6.07) is 5.11. The molecule has 0 aliphatic rings. The number of nitro benzene ring substituents is 1. The normalized spacial score (nSPS) is 10.7. The lowest BCUT2D eigenvalue weighted by atomic mass is 10.1. The van der Waals surface area contributed by atoms with Crippen LogP contribution in [0, 0.1) is 10.1 Å². The number of carbonyl (C=O) groups excluding carboxylic acids is 1. The summed E-state index contributed by atoms with van der Waals surface area (Å²) < 4.78 is 4.89. The van der Waals surface area contributed by atoms with Gasteiger partial charge < -0.3 is 20.4 Å². The summed E-state index contributed by atoms with van der Waals surface area (Å²) in [7, 11) is 1.60. The van der Waals surface area contributed by atoms with E-state index in [2.05, 4.69) is 15.6 Å². The van der Waals surface area contributed by atoms with Crippen molar-refractivity contribution in [3.8, 4) is 0 Å². The first-order chi connectivity index (χ1) is 11.5. The maximum Gasteiger partial charge on any atom is 0.270 e. The van der Waals surface area contributed by atoms with Gasteiger partial charge >= 0.3 is 0 Å².